The molecule has 0 saturated heterocycles. The minimum absolute atomic E-state index is 0.0572. The Morgan fingerprint density at radius 3 is 1.73 bits per heavy atom. The third-order valence-electron chi connectivity index (χ3n) is 8.88. The van der Waals surface area contributed by atoms with E-state index < -0.39 is 32.5 Å². The van der Waals surface area contributed by atoms with E-state index in [9.17, 15) is 23.8 Å². The SMILES string of the molecule is CC/C=C\C/C=C\C/C=C\C/C=C\C/C=C\CCCCCC(=O)OC[C@H](COP(=O)([O-])OCC[N+](C)(C)C)OC(=O)CCCCCCC/C=C\C=C\C(=O)CCCCC. The van der Waals surface area contributed by atoms with E-state index in [2.05, 4.69) is 80.7 Å². The van der Waals surface area contributed by atoms with Gasteiger partial charge in [-0.3, -0.25) is 18.9 Å². The van der Waals surface area contributed by atoms with E-state index in [4.69, 9.17) is 18.5 Å². The minimum Gasteiger partial charge on any atom is -0.756 e. The first kappa shape index (κ1) is 55.9. The lowest BCUT2D eigenvalue weighted by Gasteiger charge is -2.28. The number of nitrogens with zero attached hydrogens (tertiary/aromatic N) is 1. The summed E-state index contributed by atoms with van der Waals surface area (Å²) in [5, 5.41) is 0. The van der Waals surface area contributed by atoms with Gasteiger partial charge in [-0.25, -0.2) is 0 Å². The average Bonchev–Trinajstić information content (AvgIpc) is 3.18. The molecule has 0 heterocycles. The van der Waals surface area contributed by atoms with Crippen molar-refractivity contribution in [2.75, 3.05) is 47.5 Å². The Labute approximate surface area is 358 Å². The molecule has 0 bridgehead atoms. The highest BCUT2D eigenvalue weighted by atomic mass is 31.2. The van der Waals surface area contributed by atoms with Crippen molar-refractivity contribution in [1.29, 1.82) is 0 Å². The minimum atomic E-state index is -4.66. The van der Waals surface area contributed by atoms with E-state index in [-0.39, 0.29) is 31.8 Å². The molecule has 11 heteroatoms. The first-order valence-electron chi connectivity index (χ1n) is 22.2. The number of carbonyl (C=O) groups excluding carboxylic acids is 3. The maximum absolute atomic E-state index is 12.7. The molecule has 0 rings (SSSR count). The molecule has 0 N–H and O–H groups in total. The fourth-order valence-corrected chi connectivity index (χ4v) is 6.09. The van der Waals surface area contributed by atoms with Crippen molar-refractivity contribution in [1.82, 2.24) is 0 Å². The molecule has 0 spiro atoms. The zero-order valence-electron chi connectivity index (χ0n) is 37.4. The maximum atomic E-state index is 12.7. The summed E-state index contributed by atoms with van der Waals surface area (Å²) in [5.41, 5.74) is 0. The Morgan fingerprint density at radius 1 is 0.593 bits per heavy atom. The Morgan fingerprint density at radius 2 is 1.12 bits per heavy atom. The van der Waals surface area contributed by atoms with Crippen LogP contribution >= 0.6 is 7.82 Å². The van der Waals surface area contributed by atoms with Gasteiger partial charge >= 0.3 is 11.9 Å². The van der Waals surface area contributed by atoms with Crippen molar-refractivity contribution >= 4 is 25.5 Å². The van der Waals surface area contributed by atoms with E-state index in [0.29, 0.717) is 30.3 Å². The van der Waals surface area contributed by atoms with Crippen LogP contribution in [-0.4, -0.2) is 75.8 Å². The average molecular weight is 846 g/mol. The number of esters is 2. The number of rotatable bonds is 39. The predicted octanol–water partition coefficient (Wildman–Crippen LogP) is 11.3. The lowest BCUT2D eigenvalue weighted by molar-refractivity contribution is -0.870. The molecule has 0 aromatic heterocycles. The van der Waals surface area contributed by atoms with Gasteiger partial charge in [0.25, 0.3) is 7.82 Å². The van der Waals surface area contributed by atoms with Crippen molar-refractivity contribution < 1.29 is 46.8 Å². The molecule has 0 saturated carbocycles. The standard InChI is InChI=1S/C48H80NO9P/c1-6-8-10-11-12-13-14-15-16-17-18-19-20-21-22-25-28-31-35-39-47(51)55-43-46(44-57-59(53,54)56-42-41-49(3,4)5)58-48(52)40-36-32-29-26-23-24-27-30-34-38-45(50)37-33-9-7-2/h8,10,12-13,15-16,18-19,21-22,27,30,34,38,46H,6-7,9,11,14,17,20,23-26,28-29,31-33,35-37,39-44H2,1-5H3/b10-8-,13-12-,16-15-,19-18-,22-21-,30-27-,38-34+/t46-/m1/s1. The molecule has 0 aliphatic heterocycles. The van der Waals surface area contributed by atoms with Crippen molar-refractivity contribution in [3.8, 4) is 0 Å². The number of hydrogen-bond acceptors (Lipinski definition) is 9. The first-order chi connectivity index (χ1) is 28.4. The molecular formula is C48H80NO9P. The van der Waals surface area contributed by atoms with Crippen molar-refractivity contribution in [3.05, 3.63) is 85.1 Å². The largest absolute Gasteiger partial charge is 0.756 e. The van der Waals surface area contributed by atoms with Gasteiger partial charge in [-0.1, -0.05) is 131 Å². The molecule has 0 aliphatic carbocycles. The Hall–Kier alpha value is -3.14. The lowest BCUT2D eigenvalue weighted by atomic mass is 10.1. The van der Waals surface area contributed by atoms with E-state index >= 15 is 0 Å². The van der Waals surface area contributed by atoms with Crippen LogP contribution in [-0.2, 0) is 37.5 Å². The lowest BCUT2D eigenvalue weighted by Crippen LogP contribution is -2.37. The monoisotopic (exact) mass is 846 g/mol. The Balaban J connectivity index is 4.50. The number of phosphoric acid groups is 1. The van der Waals surface area contributed by atoms with E-state index in [1.165, 1.54) is 0 Å². The molecule has 2 atom stereocenters. The van der Waals surface area contributed by atoms with Gasteiger partial charge in [0.05, 0.1) is 27.7 Å². The molecule has 0 aromatic rings. The normalized spacial score (nSPS) is 14.3. The Kier molecular flexibility index (Phi) is 36.9. The van der Waals surface area contributed by atoms with Gasteiger partial charge in [0.15, 0.2) is 11.9 Å². The van der Waals surface area contributed by atoms with Crippen LogP contribution in [0, 0.1) is 0 Å². The highest BCUT2D eigenvalue weighted by molar-refractivity contribution is 7.45. The van der Waals surface area contributed by atoms with Crippen LogP contribution in [0.1, 0.15) is 149 Å². The zero-order chi connectivity index (χ0) is 43.7. The number of ether oxygens (including phenoxy) is 2. The highest BCUT2D eigenvalue weighted by Crippen LogP contribution is 2.38. The molecule has 0 aromatic carbocycles. The van der Waals surface area contributed by atoms with E-state index in [1.807, 2.05) is 33.3 Å². The van der Waals surface area contributed by atoms with Gasteiger partial charge in [-0.15, -0.1) is 0 Å². The van der Waals surface area contributed by atoms with E-state index in [0.717, 1.165) is 103 Å². The number of ketones is 1. The van der Waals surface area contributed by atoms with Crippen molar-refractivity contribution in [2.24, 2.45) is 0 Å². The van der Waals surface area contributed by atoms with Gasteiger partial charge < -0.3 is 27.9 Å². The summed E-state index contributed by atoms with van der Waals surface area (Å²) in [7, 11) is 1.07. The first-order valence-corrected chi connectivity index (χ1v) is 23.7. The summed E-state index contributed by atoms with van der Waals surface area (Å²) in [5.74, 6) is -0.774. The van der Waals surface area contributed by atoms with Gasteiger partial charge in [0.2, 0.25) is 0 Å². The summed E-state index contributed by atoms with van der Waals surface area (Å²) in [6, 6.07) is 0. The van der Waals surface area contributed by atoms with Crippen molar-refractivity contribution in [3.63, 3.8) is 0 Å². The van der Waals surface area contributed by atoms with Gasteiger partial charge in [-0.2, -0.15) is 0 Å². The summed E-state index contributed by atoms with van der Waals surface area (Å²) in [4.78, 5) is 49.3. The molecule has 0 radical (unpaired) electrons. The van der Waals surface area contributed by atoms with Crippen LogP contribution in [0.2, 0.25) is 0 Å². The maximum Gasteiger partial charge on any atom is 0.306 e. The number of likely N-dealkylation sites (N-methyl/N-ethyl adjacent to an activating group) is 1. The van der Waals surface area contributed by atoms with Crippen LogP contribution in [0.4, 0.5) is 0 Å². The third kappa shape index (κ3) is 42.8. The van der Waals surface area contributed by atoms with Gasteiger partial charge in [0.1, 0.15) is 19.8 Å². The number of hydrogen-bond donors (Lipinski definition) is 0. The summed E-state index contributed by atoms with van der Waals surface area (Å²) in [6.45, 7) is 3.84. The van der Waals surface area contributed by atoms with Gasteiger partial charge in [0, 0.05) is 19.3 Å². The fraction of sp³-hybridized carbons (Fsp3) is 0.646. The molecule has 1 unspecified atom stereocenters. The second-order valence-corrected chi connectivity index (χ2v) is 17.1. The number of quaternary nitrogens is 1. The Bertz CT molecular complexity index is 1340. The topological polar surface area (TPSA) is 128 Å². The number of phosphoric ester groups is 1. The predicted molar refractivity (Wildman–Crippen MR) is 241 cm³/mol. The number of carbonyl (C=O) groups is 3. The molecule has 0 aliphatic rings. The second-order valence-electron chi connectivity index (χ2n) is 15.7. The van der Waals surface area contributed by atoms with Crippen LogP contribution in [0.15, 0.2) is 85.1 Å². The fourth-order valence-electron chi connectivity index (χ4n) is 5.37. The number of unbranched alkanes of at least 4 members (excludes halogenated alkanes) is 10. The van der Waals surface area contributed by atoms with Crippen LogP contribution in [0.5, 0.6) is 0 Å². The van der Waals surface area contributed by atoms with Crippen LogP contribution in [0.3, 0.4) is 0 Å². The summed E-state index contributed by atoms with van der Waals surface area (Å²) in [6.07, 6.45) is 45.9. The van der Waals surface area contributed by atoms with Gasteiger partial charge in [-0.05, 0) is 83.1 Å². The molecule has 0 fully saturated rings. The van der Waals surface area contributed by atoms with E-state index in [1.54, 1.807) is 6.08 Å². The van der Waals surface area contributed by atoms with Crippen molar-refractivity contribution in [2.45, 2.75) is 155 Å². The summed E-state index contributed by atoms with van der Waals surface area (Å²) < 4.78 is 33.8. The smallest absolute Gasteiger partial charge is 0.306 e. The van der Waals surface area contributed by atoms with Crippen LogP contribution in [0.25, 0.3) is 0 Å². The second kappa shape index (κ2) is 39.0. The molecule has 10 nitrogen and oxygen atoms in total. The summed E-state index contributed by atoms with van der Waals surface area (Å²) >= 11 is 0. The highest BCUT2D eigenvalue weighted by Gasteiger charge is 2.21. The molecule has 59 heavy (non-hydrogen) atoms. The molecule has 336 valence electrons. The molecule has 0 amide bonds. The zero-order valence-corrected chi connectivity index (χ0v) is 38.3. The quantitative estimate of drug-likeness (QED) is 0.0113. The number of allylic oxidation sites excluding steroid dienone is 14. The third-order valence-corrected chi connectivity index (χ3v) is 9.84. The van der Waals surface area contributed by atoms with Crippen LogP contribution < -0.4 is 4.89 Å². The molecular weight excluding hydrogens is 765 g/mol.